The van der Waals surface area contributed by atoms with E-state index in [4.69, 9.17) is 9.47 Å². The second-order valence-electron chi connectivity index (χ2n) is 15.0. The van der Waals surface area contributed by atoms with Gasteiger partial charge in [-0.05, 0) is 78.1 Å². The third-order valence-corrected chi connectivity index (χ3v) is 9.83. The van der Waals surface area contributed by atoms with Crippen LogP contribution in [0.2, 0.25) is 0 Å². The Morgan fingerprint density at radius 3 is 2.00 bits per heavy atom. The standard InChI is InChI=1S/C40H44F4N2O5/c1-37(2,36(49)51-33-31(43)28(41)23-29(42)32(33)44)20-22-50-38(3,4)19-21-45-34(47)39(5,6)40(7,8)35(48)46-24-27-15-10-9-13-25(27)17-18-26-14-11-12-16-30(26)46/h9-16,23H,19-22,24H2,1-8H3,(H,45,47). The van der Waals surface area contributed by atoms with Crippen molar-refractivity contribution < 1.29 is 41.4 Å². The average Bonchev–Trinajstić information content (AvgIpc) is 3.06. The molecule has 0 atom stereocenters. The predicted molar refractivity (Wildman–Crippen MR) is 186 cm³/mol. The number of nitrogens with zero attached hydrogens (tertiary/aromatic N) is 1. The molecule has 0 unspecified atom stereocenters. The molecule has 0 aliphatic carbocycles. The second-order valence-corrected chi connectivity index (χ2v) is 15.0. The van der Waals surface area contributed by atoms with Crippen LogP contribution >= 0.6 is 0 Å². The number of amides is 2. The number of hydrogen-bond acceptors (Lipinski definition) is 5. The number of anilines is 1. The van der Waals surface area contributed by atoms with E-state index in [9.17, 15) is 31.9 Å². The molecule has 0 radical (unpaired) electrons. The third kappa shape index (κ3) is 8.45. The van der Waals surface area contributed by atoms with E-state index in [2.05, 4.69) is 17.2 Å². The van der Waals surface area contributed by atoms with Gasteiger partial charge in [-0.15, -0.1) is 0 Å². The van der Waals surface area contributed by atoms with Crippen molar-refractivity contribution in [3.05, 3.63) is 94.6 Å². The van der Waals surface area contributed by atoms with Crippen molar-refractivity contribution in [3.63, 3.8) is 0 Å². The number of hydrogen-bond donors (Lipinski definition) is 1. The first-order chi connectivity index (χ1) is 23.7. The Labute approximate surface area is 296 Å². The molecule has 3 aromatic carbocycles. The number of nitrogens with one attached hydrogen (secondary N) is 1. The molecule has 4 rings (SSSR count). The molecule has 272 valence electrons. The largest absolute Gasteiger partial charge is 0.420 e. The Kier molecular flexibility index (Phi) is 11.4. The Balaban J connectivity index is 1.36. The van der Waals surface area contributed by atoms with Crippen LogP contribution in [0, 0.1) is 51.4 Å². The molecule has 1 aliphatic heterocycles. The van der Waals surface area contributed by atoms with E-state index in [0.29, 0.717) is 24.2 Å². The smallest absolute Gasteiger partial charge is 0.317 e. The summed E-state index contributed by atoms with van der Waals surface area (Å²) in [6, 6.07) is 15.2. The van der Waals surface area contributed by atoms with Gasteiger partial charge < -0.3 is 19.7 Å². The fourth-order valence-corrected chi connectivity index (χ4v) is 5.38. The number of carbonyl (C=O) groups excluding carboxylic acids is 3. The first kappa shape index (κ1) is 39.1. The van der Waals surface area contributed by atoms with Gasteiger partial charge in [-0.2, -0.15) is 8.78 Å². The minimum Gasteiger partial charge on any atom is -0.420 e. The van der Waals surface area contributed by atoms with E-state index in [1.165, 1.54) is 13.8 Å². The Bertz CT molecular complexity index is 1860. The Morgan fingerprint density at radius 2 is 1.35 bits per heavy atom. The number of fused-ring (bicyclic) bond motifs is 2. The van der Waals surface area contributed by atoms with Crippen molar-refractivity contribution in [3.8, 4) is 17.6 Å². The summed E-state index contributed by atoms with van der Waals surface area (Å²) in [5.41, 5.74) is -1.30. The highest BCUT2D eigenvalue weighted by Gasteiger charge is 2.50. The lowest BCUT2D eigenvalue weighted by molar-refractivity contribution is -0.147. The van der Waals surface area contributed by atoms with Gasteiger partial charge in [-0.1, -0.05) is 56.0 Å². The Hall–Kier alpha value is -4.69. The van der Waals surface area contributed by atoms with Crippen LogP contribution in [-0.2, 0) is 25.7 Å². The maximum atomic E-state index is 14.4. The zero-order chi connectivity index (χ0) is 37.9. The lowest BCUT2D eigenvalue weighted by Crippen LogP contribution is -2.55. The molecule has 3 aromatic rings. The zero-order valence-electron chi connectivity index (χ0n) is 30.2. The number of halogens is 4. The summed E-state index contributed by atoms with van der Waals surface area (Å²) in [4.78, 5) is 42.5. The molecule has 0 aromatic heterocycles. The molecule has 0 bridgehead atoms. The van der Waals surface area contributed by atoms with E-state index in [1.807, 2.05) is 48.5 Å². The summed E-state index contributed by atoms with van der Waals surface area (Å²) in [6.07, 6.45) is 0.406. The van der Waals surface area contributed by atoms with Crippen LogP contribution in [-0.4, -0.2) is 36.5 Å². The number of rotatable bonds is 12. The van der Waals surface area contributed by atoms with Gasteiger partial charge in [0.05, 0.1) is 34.1 Å². The highest BCUT2D eigenvalue weighted by Crippen LogP contribution is 2.42. The monoisotopic (exact) mass is 708 g/mol. The van der Waals surface area contributed by atoms with E-state index in [0.717, 1.165) is 11.1 Å². The molecule has 2 amide bonds. The molecule has 0 saturated heterocycles. The van der Waals surface area contributed by atoms with Crippen LogP contribution < -0.4 is 15.0 Å². The van der Waals surface area contributed by atoms with Gasteiger partial charge >= 0.3 is 5.97 Å². The van der Waals surface area contributed by atoms with Crippen molar-refractivity contribution in [2.75, 3.05) is 18.1 Å². The Morgan fingerprint density at radius 1 is 0.784 bits per heavy atom. The lowest BCUT2D eigenvalue weighted by Gasteiger charge is -2.42. The summed E-state index contributed by atoms with van der Waals surface area (Å²) >= 11 is 0. The summed E-state index contributed by atoms with van der Waals surface area (Å²) in [6.45, 7) is 14.0. The number of ether oxygens (including phenoxy) is 2. The molecule has 0 fully saturated rings. The summed E-state index contributed by atoms with van der Waals surface area (Å²) < 4.78 is 65.9. The summed E-state index contributed by atoms with van der Waals surface area (Å²) in [5.74, 6) is -3.69. The zero-order valence-corrected chi connectivity index (χ0v) is 30.2. The normalized spacial score (nSPS) is 13.2. The van der Waals surface area contributed by atoms with E-state index < -0.39 is 56.8 Å². The number of esters is 1. The van der Waals surface area contributed by atoms with Gasteiger partial charge in [0.15, 0.2) is 11.6 Å². The predicted octanol–water partition coefficient (Wildman–Crippen LogP) is 7.87. The van der Waals surface area contributed by atoms with Gasteiger partial charge in [-0.3, -0.25) is 14.4 Å². The van der Waals surface area contributed by atoms with Crippen LogP contribution in [0.5, 0.6) is 5.75 Å². The molecule has 0 saturated carbocycles. The van der Waals surface area contributed by atoms with Gasteiger partial charge in [0.25, 0.3) is 0 Å². The summed E-state index contributed by atoms with van der Waals surface area (Å²) in [5, 5.41) is 2.95. The highest BCUT2D eigenvalue weighted by molar-refractivity contribution is 6.02. The summed E-state index contributed by atoms with van der Waals surface area (Å²) in [7, 11) is 0. The van der Waals surface area contributed by atoms with E-state index in [-0.39, 0.29) is 37.5 Å². The molecule has 1 aliphatic rings. The maximum Gasteiger partial charge on any atom is 0.317 e. The van der Waals surface area contributed by atoms with Gasteiger partial charge in [-0.25, -0.2) is 8.78 Å². The second kappa shape index (κ2) is 14.9. The molecule has 1 N–H and O–H groups in total. The highest BCUT2D eigenvalue weighted by atomic mass is 19.2. The molecule has 51 heavy (non-hydrogen) atoms. The minimum absolute atomic E-state index is 0.0172. The first-order valence-corrected chi connectivity index (χ1v) is 16.7. The molecule has 1 heterocycles. The first-order valence-electron chi connectivity index (χ1n) is 16.7. The molecule has 7 nitrogen and oxygen atoms in total. The molecular formula is C40H44F4N2O5. The quantitative estimate of drug-likeness (QED) is 0.0681. The van der Waals surface area contributed by atoms with E-state index >= 15 is 0 Å². The van der Waals surface area contributed by atoms with Crippen LogP contribution in [0.15, 0.2) is 54.6 Å². The fourth-order valence-electron chi connectivity index (χ4n) is 5.38. The van der Waals surface area contributed by atoms with Crippen LogP contribution in [0.1, 0.15) is 84.9 Å². The third-order valence-electron chi connectivity index (χ3n) is 9.83. The van der Waals surface area contributed by atoms with E-state index in [1.54, 1.807) is 46.4 Å². The van der Waals surface area contributed by atoms with Gasteiger partial charge in [0.2, 0.25) is 29.2 Å². The number of para-hydroxylation sites is 1. The average molecular weight is 709 g/mol. The SMILES string of the molecule is CC(C)(CCNC(=O)C(C)(C)C(C)(C)C(=O)N1Cc2ccccc2C#Cc2ccccc21)OCCC(C)(C)C(=O)Oc1c(F)c(F)cc(F)c1F. The molecule has 11 heteroatoms. The van der Waals surface area contributed by atoms with Gasteiger partial charge in [0, 0.05) is 30.3 Å². The maximum absolute atomic E-state index is 14.4. The van der Waals surface area contributed by atoms with Crippen LogP contribution in [0.4, 0.5) is 23.2 Å². The number of carbonyl (C=O) groups is 3. The number of benzene rings is 3. The van der Waals surface area contributed by atoms with Crippen molar-refractivity contribution in [2.24, 2.45) is 16.2 Å². The van der Waals surface area contributed by atoms with Crippen molar-refractivity contribution >= 4 is 23.5 Å². The van der Waals surface area contributed by atoms with Crippen molar-refractivity contribution in [1.29, 1.82) is 0 Å². The van der Waals surface area contributed by atoms with Crippen LogP contribution in [0.3, 0.4) is 0 Å². The molecular weight excluding hydrogens is 664 g/mol. The minimum atomic E-state index is -1.81. The topological polar surface area (TPSA) is 84.9 Å². The van der Waals surface area contributed by atoms with Gasteiger partial charge in [0.1, 0.15) is 0 Å². The van der Waals surface area contributed by atoms with Crippen molar-refractivity contribution in [2.45, 2.75) is 80.4 Å². The lowest BCUT2D eigenvalue weighted by atomic mass is 9.66. The fraction of sp³-hybridized carbons (Fsp3) is 0.425. The van der Waals surface area contributed by atoms with Crippen LogP contribution in [0.25, 0.3) is 0 Å². The van der Waals surface area contributed by atoms with Crippen molar-refractivity contribution in [1.82, 2.24) is 5.32 Å². The molecule has 0 spiro atoms.